The standard InChI is InChI=1S/C18H24N4O2S/c1-3-25(23,24)22-9-7-21(8-10-22)14-16-12-19-18(20-13-16)17-6-4-5-15(2)11-17/h4-6,11-13H,3,7-10,14H2,1-2H3. The number of nitrogens with zero attached hydrogens (tertiary/aromatic N) is 4. The lowest BCUT2D eigenvalue weighted by molar-refractivity contribution is 0.181. The van der Waals surface area contributed by atoms with E-state index in [1.165, 1.54) is 5.56 Å². The van der Waals surface area contributed by atoms with Crippen LogP contribution in [0, 0.1) is 6.92 Å². The smallest absolute Gasteiger partial charge is 0.213 e. The molecule has 0 aliphatic carbocycles. The van der Waals surface area contributed by atoms with Gasteiger partial charge in [-0.1, -0.05) is 23.8 Å². The van der Waals surface area contributed by atoms with Gasteiger partial charge in [0.05, 0.1) is 5.75 Å². The van der Waals surface area contributed by atoms with Crippen LogP contribution in [0.4, 0.5) is 0 Å². The molecule has 0 radical (unpaired) electrons. The Kier molecular flexibility index (Phi) is 5.46. The molecule has 1 aliphatic heterocycles. The normalized spacial score (nSPS) is 16.9. The summed E-state index contributed by atoms with van der Waals surface area (Å²) in [6.45, 7) is 7.06. The van der Waals surface area contributed by atoms with Crippen LogP contribution >= 0.6 is 0 Å². The van der Waals surface area contributed by atoms with Crippen molar-refractivity contribution in [3.05, 3.63) is 47.8 Å². The largest absolute Gasteiger partial charge is 0.296 e. The number of hydrogen-bond donors (Lipinski definition) is 0. The van der Waals surface area contributed by atoms with E-state index >= 15 is 0 Å². The maximum absolute atomic E-state index is 11.9. The number of piperazine rings is 1. The number of aryl methyl sites for hydroxylation is 1. The summed E-state index contributed by atoms with van der Waals surface area (Å²) in [6.07, 6.45) is 3.72. The van der Waals surface area contributed by atoms with Crippen molar-refractivity contribution >= 4 is 10.0 Å². The van der Waals surface area contributed by atoms with E-state index in [9.17, 15) is 8.42 Å². The van der Waals surface area contributed by atoms with E-state index < -0.39 is 10.0 Å². The molecule has 0 N–H and O–H groups in total. The van der Waals surface area contributed by atoms with Crippen molar-refractivity contribution in [3.8, 4) is 11.4 Å². The second-order valence-electron chi connectivity index (χ2n) is 6.36. The Bertz CT molecular complexity index is 813. The molecule has 0 spiro atoms. The zero-order valence-electron chi connectivity index (χ0n) is 14.7. The first-order valence-corrected chi connectivity index (χ1v) is 10.2. The van der Waals surface area contributed by atoms with Crippen LogP contribution in [-0.4, -0.2) is 59.5 Å². The molecule has 1 aromatic heterocycles. The van der Waals surface area contributed by atoms with Crippen molar-refractivity contribution in [1.82, 2.24) is 19.2 Å². The Hall–Kier alpha value is -1.83. The summed E-state index contributed by atoms with van der Waals surface area (Å²) in [5, 5.41) is 0. The van der Waals surface area contributed by atoms with Gasteiger partial charge in [0.15, 0.2) is 5.82 Å². The second-order valence-corrected chi connectivity index (χ2v) is 8.62. The molecule has 7 heteroatoms. The van der Waals surface area contributed by atoms with E-state index in [4.69, 9.17) is 0 Å². The van der Waals surface area contributed by atoms with Gasteiger partial charge in [0.1, 0.15) is 0 Å². The molecule has 0 atom stereocenters. The Morgan fingerprint density at radius 2 is 1.76 bits per heavy atom. The van der Waals surface area contributed by atoms with Gasteiger partial charge in [-0.3, -0.25) is 4.90 Å². The van der Waals surface area contributed by atoms with Crippen molar-refractivity contribution in [3.63, 3.8) is 0 Å². The summed E-state index contributed by atoms with van der Waals surface area (Å²) in [5.74, 6) is 0.896. The lowest BCUT2D eigenvalue weighted by Crippen LogP contribution is -2.48. The van der Waals surface area contributed by atoms with Crippen molar-refractivity contribution < 1.29 is 8.42 Å². The molecule has 0 saturated carbocycles. The zero-order chi connectivity index (χ0) is 17.9. The van der Waals surface area contributed by atoms with E-state index in [2.05, 4.69) is 33.9 Å². The average molecular weight is 360 g/mol. The van der Waals surface area contributed by atoms with Crippen LogP contribution in [-0.2, 0) is 16.6 Å². The molecule has 6 nitrogen and oxygen atoms in total. The highest BCUT2D eigenvalue weighted by atomic mass is 32.2. The third-order valence-electron chi connectivity index (χ3n) is 4.48. The third-order valence-corrected chi connectivity index (χ3v) is 6.36. The van der Waals surface area contributed by atoms with Crippen molar-refractivity contribution in [2.45, 2.75) is 20.4 Å². The SMILES string of the molecule is CCS(=O)(=O)N1CCN(Cc2cnc(-c3cccc(C)c3)nc2)CC1. The summed E-state index contributed by atoms with van der Waals surface area (Å²) in [6, 6.07) is 8.14. The number of aromatic nitrogens is 2. The maximum atomic E-state index is 11.9. The summed E-state index contributed by atoms with van der Waals surface area (Å²) >= 11 is 0. The highest BCUT2D eigenvalue weighted by Crippen LogP contribution is 2.16. The molecule has 1 aromatic carbocycles. The summed E-state index contributed by atoms with van der Waals surface area (Å²) in [5.41, 5.74) is 3.25. The fourth-order valence-electron chi connectivity index (χ4n) is 2.98. The molecule has 0 bridgehead atoms. The molecule has 1 fully saturated rings. The summed E-state index contributed by atoms with van der Waals surface area (Å²) in [4.78, 5) is 11.2. The van der Waals surface area contributed by atoms with E-state index in [-0.39, 0.29) is 5.75 Å². The molecular weight excluding hydrogens is 336 g/mol. The van der Waals surface area contributed by atoms with Crippen LogP contribution in [0.25, 0.3) is 11.4 Å². The fourth-order valence-corrected chi connectivity index (χ4v) is 4.06. The van der Waals surface area contributed by atoms with Crippen LogP contribution in [0.3, 0.4) is 0 Å². The van der Waals surface area contributed by atoms with Crippen molar-refractivity contribution in [2.75, 3.05) is 31.9 Å². The van der Waals surface area contributed by atoms with E-state index in [1.807, 2.05) is 24.5 Å². The Morgan fingerprint density at radius 1 is 1.08 bits per heavy atom. The van der Waals surface area contributed by atoms with Gasteiger partial charge in [-0.25, -0.2) is 18.4 Å². The minimum absolute atomic E-state index is 0.168. The molecule has 0 amide bonds. The molecular formula is C18H24N4O2S. The van der Waals surface area contributed by atoms with Crippen molar-refractivity contribution in [1.29, 1.82) is 0 Å². The fraction of sp³-hybridized carbons (Fsp3) is 0.444. The van der Waals surface area contributed by atoms with Gasteiger partial charge in [-0.05, 0) is 19.9 Å². The highest BCUT2D eigenvalue weighted by Gasteiger charge is 2.25. The van der Waals surface area contributed by atoms with Crippen LogP contribution in [0.15, 0.2) is 36.7 Å². The molecule has 2 heterocycles. The lowest BCUT2D eigenvalue weighted by Gasteiger charge is -2.33. The number of hydrogen-bond acceptors (Lipinski definition) is 5. The van der Waals surface area contributed by atoms with E-state index in [0.717, 1.165) is 36.6 Å². The first-order valence-electron chi connectivity index (χ1n) is 8.56. The first-order chi connectivity index (χ1) is 12.0. The van der Waals surface area contributed by atoms with Crippen LogP contribution in [0.2, 0.25) is 0 Å². The van der Waals surface area contributed by atoms with Gasteiger partial charge in [0, 0.05) is 56.2 Å². The second kappa shape index (κ2) is 7.59. The molecule has 3 rings (SSSR count). The Balaban J connectivity index is 1.60. The lowest BCUT2D eigenvalue weighted by atomic mass is 10.1. The molecule has 1 saturated heterocycles. The topological polar surface area (TPSA) is 66.4 Å². The number of rotatable bonds is 5. The van der Waals surface area contributed by atoms with Gasteiger partial charge >= 0.3 is 0 Å². The zero-order valence-corrected chi connectivity index (χ0v) is 15.5. The van der Waals surface area contributed by atoms with Gasteiger partial charge < -0.3 is 0 Å². The minimum Gasteiger partial charge on any atom is -0.296 e. The van der Waals surface area contributed by atoms with Gasteiger partial charge in [-0.15, -0.1) is 0 Å². The minimum atomic E-state index is -3.08. The Labute approximate surface area is 149 Å². The van der Waals surface area contributed by atoms with Gasteiger partial charge in [0.2, 0.25) is 10.0 Å². The number of benzene rings is 1. The molecule has 2 aromatic rings. The predicted molar refractivity (Wildman–Crippen MR) is 98.5 cm³/mol. The maximum Gasteiger partial charge on any atom is 0.213 e. The molecule has 0 unspecified atom stereocenters. The Morgan fingerprint density at radius 3 is 2.36 bits per heavy atom. The van der Waals surface area contributed by atoms with Crippen molar-refractivity contribution in [2.24, 2.45) is 0 Å². The summed E-state index contributed by atoms with van der Waals surface area (Å²) in [7, 11) is -3.08. The molecule has 134 valence electrons. The quantitative estimate of drug-likeness (QED) is 0.815. The van der Waals surface area contributed by atoms with E-state index in [0.29, 0.717) is 13.1 Å². The average Bonchev–Trinajstić information content (AvgIpc) is 2.63. The predicted octanol–water partition coefficient (Wildman–Crippen LogP) is 1.92. The van der Waals surface area contributed by atoms with Gasteiger partial charge in [-0.2, -0.15) is 4.31 Å². The molecule has 25 heavy (non-hydrogen) atoms. The van der Waals surface area contributed by atoms with Crippen LogP contribution in [0.5, 0.6) is 0 Å². The highest BCUT2D eigenvalue weighted by molar-refractivity contribution is 7.89. The third kappa shape index (κ3) is 4.42. The number of sulfonamides is 1. The molecule has 1 aliphatic rings. The first kappa shape index (κ1) is 18.0. The van der Waals surface area contributed by atoms with Crippen LogP contribution < -0.4 is 0 Å². The van der Waals surface area contributed by atoms with Gasteiger partial charge in [0.25, 0.3) is 0 Å². The summed E-state index contributed by atoms with van der Waals surface area (Å²) < 4.78 is 25.4. The monoisotopic (exact) mass is 360 g/mol. The van der Waals surface area contributed by atoms with Crippen LogP contribution in [0.1, 0.15) is 18.1 Å². The van der Waals surface area contributed by atoms with E-state index in [1.54, 1.807) is 11.2 Å².